The summed E-state index contributed by atoms with van der Waals surface area (Å²) in [5.41, 5.74) is -0.404. The Bertz CT molecular complexity index is 773. The molecule has 1 aliphatic rings. The molecular formula is C17H19F3N4O2. The van der Waals surface area contributed by atoms with E-state index in [9.17, 15) is 18.0 Å². The summed E-state index contributed by atoms with van der Waals surface area (Å²) in [4.78, 5) is 13.2. The van der Waals surface area contributed by atoms with Crippen molar-refractivity contribution in [3.8, 4) is 0 Å². The van der Waals surface area contributed by atoms with Gasteiger partial charge in [0.2, 0.25) is 0 Å². The molecule has 0 aliphatic carbocycles. The molecule has 1 saturated heterocycles. The first-order valence-corrected chi connectivity index (χ1v) is 8.39. The second-order valence-electron chi connectivity index (χ2n) is 6.33. The van der Waals surface area contributed by atoms with Gasteiger partial charge < -0.3 is 10.0 Å². The zero-order valence-electron chi connectivity index (χ0n) is 14.0. The van der Waals surface area contributed by atoms with Crippen molar-refractivity contribution in [3.63, 3.8) is 0 Å². The topological polar surface area (TPSA) is 71.2 Å². The summed E-state index contributed by atoms with van der Waals surface area (Å²) in [5.74, 6) is -1.76. The van der Waals surface area contributed by atoms with E-state index in [2.05, 4.69) is 15.2 Å². The van der Waals surface area contributed by atoms with E-state index in [1.165, 1.54) is 12.1 Å². The fraction of sp³-hybridized carbons (Fsp3) is 0.471. The highest BCUT2D eigenvalue weighted by Crippen LogP contribution is 2.29. The van der Waals surface area contributed by atoms with E-state index < -0.39 is 23.8 Å². The SMILES string of the molecule is O=C(O)c1nnn(C2CCN(CCc3cccc(F)c3)CC2)c1C(F)F. The number of nitrogens with zero attached hydrogens (tertiary/aromatic N) is 4. The number of hydrogen-bond acceptors (Lipinski definition) is 4. The number of carboxylic acid groups (broad SMARTS) is 1. The van der Waals surface area contributed by atoms with Gasteiger partial charge in [0.1, 0.15) is 11.5 Å². The molecule has 0 atom stereocenters. The van der Waals surface area contributed by atoms with E-state index in [0.29, 0.717) is 32.4 Å². The Kier molecular flexibility index (Phi) is 5.55. The number of likely N-dealkylation sites (tertiary alicyclic amines) is 1. The molecule has 0 radical (unpaired) electrons. The van der Waals surface area contributed by atoms with Crippen LogP contribution < -0.4 is 0 Å². The van der Waals surface area contributed by atoms with Gasteiger partial charge in [0.15, 0.2) is 5.69 Å². The second kappa shape index (κ2) is 7.86. The Morgan fingerprint density at radius 2 is 2.04 bits per heavy atom. The summed E-state index contributed by atoms with van der Waals surface area (Å²) >= 11 is 0. The van der Waals surface area contributed by atoms with Gasteiger partial charge in [-0.2, -0.15) is 0 Å². The third-order valence-electron chi connectivity index (χ3n) is 4.65. The fourth-order valence-corrected chi connectivity index (χ4v) is 3.29. The lowest BCUT2D eigenvalue weighted by Crippen LogP contribution is -2.36. The van der Waals surface area contributed by atoms with Crippen molar-refractivity contribution in [2.24, 2.45) is 0 Å². The lowest BCUT2D eigenvalue weighted by molar-refractivity contribution is 0.0673. The third-order valence-corrected chi connectivity index (χ3v) is 4.65. The standard InChI is InChI=1S/C17H19F3N4O2/c18-12-3-1-2-11(10-12)4-7-23-8-5-13(6-9-23)24-15(16(19)20)14(17(25)26)21-22-24/h1-3,10,13,16H,4-9H2,(H,25,26). The fourth-order valence-electron chi connectivity index (χ4n) is 3.29. The molecule has 3 rings (SSSR count). The van der Waals surface area contributed by atoms with Gasteiger partial charge in [0.05, 0.1) is 6.04 Å². The molecule has 1 aliphatic heterocycles. The maximum atomic E-state index is 13.2. The Hall–Kier alpha value is -2.42. The van der Waals surface area contributed by atoms with Gasteiger partial charge in [-0.05, 0) is 37.0 Å². The Morgan fingerprint density at radius 1 is 1.31 bits per heavy atom. The minimum atomic E-state index is -2.94. The highest BCUT2D eigenvalue weighted by Gasteiger charge is 2.31. The number of alkyl halides is 2. The van der Waals surface area contributed by atoms with Gasteiger partial charge >= 0.3 is 5.97 Å². The van der Waals surface area contributed by atoms with Crippen LogP contribution in [0.15, 0.2) is 24.3 Å². The zero-order chi connectivity index (χ0) is 18.7. The summed E-state index contributed by atoms with van der Waals surface area (Å²) in [6.07, 6.45) is -1.09. The van der Waals surface area contributed by atoms with Gasteiger partial charge in [-0.1, -0.05) is 17.3 Å². The second-order valence-corrected chi connectivity index (χ2v) is 6.33. The zero-order valence-corrected chi connectivity index (χ0v) is 14.0. The summed E-state index contributed by atoms with van der Waals surface area (Å²) in [5, 5.41) is 16.0. The van der Waals surface area contributed by atoms with Crippen molar-refractivity contribution in [2.75, 3.05) is 19.6 Å². The van der Waals surface area contributed by atoms with E-state index in [4.69, 9.17) is 5.11 Å². The number of aromatic nitrogens is 3. The van der Waals surface area contributed by atoms with Crippen LogP contribution in [0.1, 0.15) is 47.1 Å². The first-order valence-electron chi connectivity index (χ1n) is 8.39. The van der Waals surface area contributed by atoms with Gasteiger partial charge in [-0.15, -0.1) is 5.10 Å². The molecule has 6 nitrogen and oxygen atoms in total. The number of aromatic carboxylic acids is 1. The minimum Gasteiger partial charge on any atom is -0.476 e. The molecule has 1 fully saturated rings. The van der Waals surface area contributed by atoms with Crippen molar-refractivity contribution in [3.05, 3.63) is 47.0 Å². The first-order chi connectivity index (χ1) is 12.5. The number of halogens is 3. The van der Waals surface area contributed by atoms with Crippen LogP contribution in [0.5, 0.6) is 0 Å². The average Bonchev–Trinajstić information content (AvgIpc) is 3.06. The molecule has 0 amide bonds. The van der Waals surface area contributed by atoms with Crippen LogP contribution in [0, 0.1) is 5.82 Å². The van der Waals surface area contributed by atoms with Crippen molar-refractivity contribution in [1.29, 1.82) is 0 Å². The average molecular weight is 368 g/mol. The maximum absolute atomic E-state index is 13.2. The van der Waals surface area contributed by atoms with Crippen molar-refractivity contribution in [2.45, 2.75) is 31.7 Å². The molecule has 1 aromatic heterocycles. The molecule has 1 aromatic carbocycles. The number of rotatable bonds is 6. The lowest BCUT2D eigenvalue weighted by Gasteiger charge is -2.32. The van der Waals surface area contributed by atoms with E-state index in [-0.39, 0.29) is 11.9 Å². The van der Waals surface area contributed by atoms with Crippen LogP contribution >= 0.6 is 0 Å². The number of benzene rings is 1. The van der Waals surface area contributed by atoms with Crippen molar-refractivity contribution < 1.29 is 23.1 Å². The quantitative estimate of drug-likeness (QED) is 0.849. The van der Waals surface area contributed by atoms with Gasteiger partial charge in [-0.3, -0.25) is 0 Å². The normalized spacial score (nSPS) is 16.3. The Morgan fingerprint density at radius 3 is 2.65 bits per heavy atom. The van der Waals surface area contributed by atoms with Crippen molar-refractivity contribution in [1.82, 2.24) is 19.9 Å². The molecule has 0 spiro atoms. The highest BCUT2D eigenvalue weighted by atomic mass is 19.3. The van der Waals surface area contributed by atoms with Crippen LogP contribution in [0.2, 0.25) is 0 Å². The molecule has 0 saturated carbocycles. The first kappa shape index (κ1) is 18.4. The molecule has 1 N–H and O–H groups in total. The third kappa shape index (κ3) is 4.04. The van der Waals surface area contributed by atoms with Crippen LogP contribution in [0.4, 0.5) is 13.2 Å². The van der Waals surface area contributed by atoms with Crippen molar-refractivity contribution >= 4 is 5.97 Å². The Labute approximate surface area is 148 Å². The van der Waals surface area contributed by atoms with E-state index in [0.717, 1.165) is 16.8 Å². The Balaban J connectivity index is 1.59. The summed E-state index contributed by atoms with van der Waals surface area (Å²) in [6, 6.07) is 6.15. The predicted molar refractivity (Wildman–Crippen MR) is 86.8 cm³/mol. The molecule has 0 unspecified atom stereocenters. The van der Waals surface area contributed by atoms with Gasteiger partial charge in [0.25, 0.3) is 6.43 Å². The maximum Gasteiger partial charge on any atom is 0.358 e. The minimum absolute atomic E-state index is 0.263. The number of carbonyl (C=O) groups is 1. The molecule has 2 aromatic rings. The summed E-state index contributed by atoms with van der Waals surface area (Å²) < 4.78 is 40.8. The smallest absolute Gasteiger partial charge is 0.358 e. The molecule has 2 heterocycles. The van der Waals surface area contributed by atoms with Crippen LogP contribution in [-0.2, 0) is 6.42 Å². The van der Waals surface area contributed by atoms with Crippen LogP contribution in [0.3, 0.4) is 0 Å². The predicted octanol–water partition coefficient (Wildman–Crippen LogP) is 2.93. The lowest BCUT2D eigenvalue weighted by atomic mass is 10.0. The molecular weight excluding hydrogens is 349 g/mol. The van der Waals surface area contributed by atoms with Gasteiger partial charge in [0, 0.05) is 19.6 Å². The molecule has 26 heavy (non-hydrogen) atoms. The van der Waals surface area contributed by atoms with E-state index >= 15 is 0 Å². The summed E-state index contributed by atoms with van der Waals surface area (Å²) in [6.45, 7) is 2.09. The monoisotopic (exact) mass is 368 g/mol. The number of piperidine rings is 1. The molecule has 9 heteroatoms. The molecule has 0 bridgehead atoms. The van der Waals surface area contributed by atoms with Crippen LogP contribution in [-0.4, -0.2) is 50.6 Å². The summed E-state index contributed by atoms with van der Waals surface area (Å²) in [7, 11) is 0. The van der Waals surface area contributed by atoms with E-state index in [1.54, 1.807) is 6.07 Å². The molecule has 140 valence electrons. The number of hydrogen-bond donors (Lipinski definition) is 1. The van der Waals surface area contributed by atoms with E-state index in [1.807, 2.05) is 6.07 Å². The highest BCUT2D eigenvalue weighted by molar-refractivity contribution is 5.86. The van der Waals surface area contributed by atoms with Crippen LogP contribution in [0.25, 0.3) is 0 Å². The van der Waals surface area contributed by atoms with Gasteiger partial charge in [-0.25, -0.2) is 22.6 Å². The largest absolute Gasteiger partial charge is 0.476 e. The number of carboxylic acids is 1.